The molecule has 1 saturated heterocycles. The lowest BCUT2D eigenvalue weighted by atomic mass is 10.1. The first-order chi connectivity index (χ1) is 7.80. The lowest BCUT2D eigenvalue weighted by molar-refractivity contribution is 0.0541. The van der Waals surface area contributed by atoms with Crippen LogP contribution in [0.2, 0.25) is 0 Å². The van der Waals surface area contributed by atoms with E-state index in [4.69, 9.17) is 9.47 Å². The highest BCUT2D eigenvalue weighted by atomic mass is 16.6. The van der Waals surface area contributed by atoms with Crippen molar-refractivity contribution in [2.75, 3.05) is 6.61 Å². The summed E-state index contributed by atoms with van der Waals surface area (Å²) in [5, 5.41) is 9.54. The molecule has 1 aromatic carbocycles. The van der Waals surface area contributed by atoms with Gasteiger partial charge in [-0.2, -0.15) is 0 Å². The van der Waals surface area contributed by atoms with Gasteiger partial charge in [-0.05, 0) is 18.4 Å². The minimum absolute atomic E-state index is 0.0308. The van der Waals surface area contributed by atoms with Crippen molar-refractivity contribution < 1.29 is 14.6 Å². The van der Waals surface area contributed by atoms with Crippen molar-refractivity contribution in [3.05, 3.63) is 35.9 Å². The van der Waals surface area contributed by atoms with Crippen molar-refractivity contribution in [1.29, 1.82) is 0 Å². The topological polar surface area (TPSA) is 42.0 Å². The van der Waals surface area contributed by atoms with Gasteiger partial charge < -0.3 is 14.6 Å². The molecule has 0 spiro atoms. The van der Waals surface area contributed by atoms with Crippen LogP contribution >= 0.6 is 0 Å². The van der Waals surface area contributed by atoms with Gasteiger partial charge in [-0.15, -0.1) is 0 Å². The molecule has 3 heteroatoms. The zero-order chi connectivity index (χ0) is 11.0. The number of epoxide rings is 1. The molecule has 0 amide bonds. The van der Waals surface area contributed by atoms with Gasteiger partial charge in [0.05, 0.1) is 19.3 Å². The highest BCUT2D eigenvalue weighted by Gasteiger charge is 2.64. The van der Waals surface area contributed by atoms with Crippen LogP contribution in [0.1, 0.15) is 18.4 Å². The van der Waals surface area contributed by atoms with E-state index in [1.807, 2.05) is 30.3 Å². The summed E-state index contributed by atoms with van der Waals surface area (Å²) < 4.78 is 11.2. The SMILES string of the molecule is O[C@@H]1CC[C@]2(COCc3ccccc3)O[C@H]12. The molecule has 3 nitrogen and oxygen atoms in total. The molecule has 0 unspecified atom stereocenters. The molecule has 0 bridgehead atoms. The third-order valence-electron chi connectivity index (χ3n) is 3.49. The van der Waals surface area contributed by atoms with E-state index in [9.17, 15) is 5.11 Å². The van der Waals surface area contributed by atoms with Gasteiger partial charge in [0.15, 0.2) is 0 Å². The van der Waals surface area contributed by atoms with Crippen LogP contribution in [0, 0.1) is 0 Å². The fraction of sp³-hybridized carbons (Fsp3) is 0.538. The fourth-order valence-electron chi connectivity index (χ4n) is 2.50. The smallest absolute Gasteiger partial charge is 0.121 e. The first-order valence-corrected chi connectivity index (χ1v) is 5.78. The number of hydrogen-bond donors (Lipinski definition) is 1. The van der Waals surface area contributed by atoms with Crippen molar-refractivity contribution >= 4 is 0 Å². The van der Waals surface area contributed by atoms with Gasteiger partial charge in [-0.1, -0.05) is 30.3 Å². The number of hydrogen-bond acceptors (Lipinski definition) is 3. The van der Waals surface area contributed by atoms with E-state index in [-0.39, 0.29) is 17.8 Å². The third kappa shape index (κ3) is 1.75. The minimum atomic E-state index is -0.277. The molecule has 1 aliphatic carbocycles. The maximum absolute atomic E-state index is 9.54. The number of fused-ring (bicyclic) bond motifs is 1. The quantitative estimate of drug-likeness (QED) is 0.782. The summed E-state index contributed by atoms with van der Waals surface area (Å²) in [7, 11) is 0. The van der Waals surface area contributed by atoms with Gasteiger partial charge in [0, 0.05) is 0 Å². The molecule has 3 atom stereocenters. The van der Waals surface area contributed by atoms with E-state index >= 15 is 0 Å². The summed E-state index contributed by atoms with van der Waals surface area (Å²) in [4.78, 5) is 0. The molecular weight excluding hydrogens is 204 g/mol. The molecule has 86 valence electrons. The van der Waals surface area contributed by atoms with Crippen molar-refractivity contribution in [2.24, 2.45) is 0 Å². The Morgan fingerprint density at radius 2 is 2.19 bits per heavy atom. The summed E-state index contributed by atoms with van der Waals surface area (Å²) in [6.07, 6.45) is 1.52. The highest BCUT2D eigenvalue weighted by molar-refractivity contribution is 5.14. The van der Waals surface area contributed by atoms with Crippen LogP contribution in [0.25, 0.3) is 0 Å². The second-order valence-corrected chi connectivity index (χ2v) is 4.69. The van der Waals surface area contributed by atoms with Crippen LogP contribution in [0.3, 0.4) is 0 Å². The highest BCUT2D eigenvalue weighted by Crippen LogP contribution is 2.50. The van der Waals surface area contributed by atoms with E-state index in [1.165, 1.54) is 5.56 Å². The maximum atomic E-state index is 9.54. The lowest BCUT2D eigenvalue weighted by Crippen LogP contribution is -2.20. The van der Waals surface area contributed by atoms with Gasteiger partial charge >= 0.3 is 0 Å². The van der Waals surface area contributed by atoms with Crippen molar-refractivity contribution in [3.8, 4) is 0 Å². The van der Waals surface area contributed by atoms with Crippen molar-refractivity contribution in [3.63, 3.8) is 0 Å². The monoisotopic (exact) mass is 220 g/mol. The van der Waals surface area contributed by atoms with Crippen molar-refractivity contribution in [2.45, 2.75) is 37.3 Å². The van der Waals surface area contributed by atoms with Crippen LogP contribution in [0.15, 0.2) is 30.3 Å². The number of rotatable bonds is 4. The Balaban J connectivity index is 1.49. The molecular formula is C13H16O3. The Kier molecular flexibility index (Phi) is 2.46. The number of aliphatic hydroxyl groups excluding tert-OH is 1. The van der Waals surface area contributed by atoms with Gasteiger partial charge in [0.2, 0.25) is 0 Å². The summed E-state index contributed by atoms with van der Waals surface area (Å²) in [6.45, 7) is 1.22. The Morgan fingerprint density at radius 1 is 1.38 bits per heavy atom. The van der Waals surface area contributed by atoms with Crippen LogP contribution in [0.5, 0.6) is 0 Å². The van der Waals surface area contributed by atoms with E-state index < -0.39 is 0 Å². The van der Waals surface area contributed by atoms with Crippen molar-refractivity contribution in [1.82, 2.24) is 0 Å². The molecule has 3 rings (SSSR count). The van der Waals surface area contributed by atoms with Gasteiger partial charge in [0.1, 0.15) is 11.7 Å². The van der Waals surface area contributed by atoms with Gasteiger partial charge in [0.25, 0.3) is 0 Å². The fourth-order valence-corrected chi connectivity index (χ4v) is 2.50. The summed E-state index contributed by atoms with van der Waals surface area (Å²) in [6, 6.07) is 10.1. The second kappa shape index (κ2) is 3.84. The molecule has 0 radical (unpaired) electrons. The summed E-state index contributed by atoms with van der Waals surface area (Å²) >= 11 is 0. The van der Waals surface area contributed by atoms with Crippen LogP contribution in [-0.4, -0.2) is 29.5 Å². The predicted octanol–water partition coefficient (Wildman–Crippen LogP) is 1.50. The Labute approximate surface area is 95.0 Å². The second-order valence-electron chi connectivity index (χ2n) is 4.69. The van der Waals surface area contributed by atoms with E-state index in [0.29, 0.717) is 13.2 Å². The number of ether oxygens (including phenoxy) is 2. The molecule has 2 fully saturated rings. The standard InChI is InChI=1S/C13H16O3/c14-11-6-7-13(12(11)16-13)9-15-8-10-4-2-1-3-5-10/h1-5,11-12,14H,6-9H2/t11-,12-,13-/m1/s1. The minimum Gasteiger partial charge on any atom is -0.390 e. The first-order valence-electron chi connectivity index (χ1n) is 5.78. The van der Waals surface area contributed by atoms with Crippen LogP contribution in [-0.2, 0) is 16.1 Å². The normalized spacial score (nSPS) is 36.1. The Morgan fingerprint density at radius 3 is 2.81 bits per heavy atom. The van der Waals surface area contributed by atoms with Crippen LogP contribution < -0.4 is 0 Å². The zero-order valence-electron chi connectivity index (χ0n) is 9.13. The molecule has 1 N–H and O–H groups in total. The number of benzene rings is 1. The zero-order valence-corrected chi connectivity index (χ0v) is 9.13. The lowest BCUT2D eigenvalue weighted by Gasteiger charge is -2.09. The largest absolute Gasteiger partial charge is 0.390 e. The van der Waals surface area contributed by atoms with E-state index in [2.05, 4.69) is 0 Å². The maximum Gasteiger partial charge on any atom is 0.121 e. The summed E-state index contributed by atoms with van der Waals surface area (Å²) in [5.41, 5.74) is 1.02. The third-order valence-corrected chi connectivity index (χ3v) is 3.49. The average molecular weight is 220 g/mol. The molecule has 1 aromatic rings. The summed E-state index contributed by atoms with van der Waals surface area (Å²) in [5.74, 6) is 0. The Bertz CT molecular complexity index is 365. The van der Waals surface area contributed by atoms with E-state index in [0.717, 1.165) is 12.8 Å². The van der Waals surface area contributed by atoms with E-state index in [1.54, 1.807) is 0 Å². The molecule has 2 aliphatic rings. The number of aliphatic hydroxyl groups is 1. The van der Waals surface area contributed by atoms with Gasteiger partial charge in [-0.25, -0.2) is 0 Å². The predicted molar refractivity (Wildman–Crippen MR) is 58.9 cm³/mol. The molecule has 1 saturated carbocycles. The van der Waals surface area contributed by atoms with Gasteiger partial charge in [-0.3, -0.25) is 0 Å². The molecule has 0 aromatic heterocycles. The Hall–Kier alpha value is -0.900. The first kappa shape index (κ1) is 10.3. The van der Waals surface area contributed by atoms with Crippen LogP contribution in [0.4, 0.5) is 0 Å². The molecule has 16 heavy (non-hydrogen) atoms. The molecule has 1 aliphatic heterocycles. The molecule has 1 heterocycles. The average Bonchev–Trinajstić information content (AvgIpc) is 2.95.